The monoisotopic (exact) mass is 307 g/mol. The van der Waals surface area contributed by atoms with E-state index in [1.54, 1.807) is 7.11 Å². The normalized spacial score (nSPS) is 18.6. The van der Waals surface area contributed by atoms with Crippen molar-refractivity contribution in [2.24, 2.45) is 0 Å². The van der Waals surface area contributed by atoms with Crippen LogP contribution < -0.4 is 4.74 Å². The molecule has 22 heavy (non-hydrogen) atoms. The highest BCUT2D eigenvalue weighted by molar-refractivity contribution is 5.35. The Kier molecular flexibility index (Phi) is 6.68. The van der Waals surface area contributed by atoms with Crippen LogP contribution in [0.1, 0.15) is 38.2 Å². The molecule has 1 atom stereocenters. The summed E-state index contributed by atoms with van der Waals surface area (Å²) in [6.45, 7) is 7.28. The number of rotatable bonds is 7. The number of likely N-dealkylation sites (tertiary alicyclic amines) is 1. The molecule has 1 aromatic rings. The molecule has 0 amide bonds. The molecule has 0 aromatic heterocycles. The lowest BCUT2D eigenvalue weighted by molar-refractivity contribution is 0.0152. The van der Waals surface area contributed by atoms with E-state index in [2.05, 4.69) is 24.8 Å². The van der Waals surface area contributed by atoms with Gasteiger partial charge in [-0.3, -0.25) is 0 Å². The minimum absolute atomic E-state index is 0.341. The molecule has 0 radical (unpaired) electrons. The molecule has 4 nitrogen and oxygen atoms in total. The molecule has 0 bridgehead atoms. The number of methoxy groups -OCH3 is 1. The first-order chi connectivity index (χ1) is 10.6. The van der Waals surface area contributed by atoms with Crippen LogP contribution in [0.5, 0.6) is 5.75 Å². The lowest BCUT2D eigenvalue weighted by atomic mass is 10.0. The first kappa shape index (κ1) is 17.3. The van der Waals surface area contributed by atoms with E-state index in [1.807, 2.05) is 18.2 Å². The molecule has 1 aromatic carbocycles. The second-order valence-corrected chi connectivity index (χ2v) is 6.39. The van der Waals surface area contributed by atoms with E-state index in [0.29, 0.717) is 25.2 Å². The van der Waals surface area contributed by atoms with Crippen LogP contribution in [0.4, 0.5) is 0 Å². The van der Waals surface area contributed by atoms with Gasteiger partial charge in [0.05, 0.1) is 6.10 Å². The Balaban J connectivity index is 1.77. The smallest absolute Gasteiger partial charge is 0.122 e. The molecule has 1 fully saturated rings. The molecule has 1 saturated heterocycles. The third kappa shape index (κ3) is 4.97. The highest BCUT2D eigenvalue weighted by atomic mass is 16.5. The van der Waals surface area contributed by atoms with Crippen molar-refractivity contribution in [3.05, 3.63) is 29.8 Å². The molecular formula is C18H29NO3. The highest BCUT2D eigenvalue weighted by Gasteiger charge is 2.21. The molecule has 0 saturated carbocycles. The Morgan fingerprint density at radius 1 is 1.23 bits per heavy atom. The molecule has 2 rings (SSSR count). The summed E-state index contributed by atoms with van der Waals surface area (Å²) in [7, 11) is 1.77. The van der Waals surface area contributed by atoms with Gasteiger partial charge >= 0.3 is 0 Å². The summed E-state index contributed by atoms with van der Waals surface area (Å²) in [6.07, 6.45) is 2.00. The first-order valence-corrected chi connectivity index (χ1v) is 8.25. The van der Waals surface area contributed by atoms with Gasteiger partial charge in [-0.2, -0.15) is 0 Å². The number of β-amino-alcohol motifs (C(OH)–C–C–N with tert-alkyl or cyclic N) is 1. The fourth-order valence-corrected chi connectivity index (χ4v) is 2.95. The summed E-state index contributed by atoms with van der Waals surface area (Å²) in [4.78, 5) is 2.29. The minimum atomic E-state index is -0.459. The average Bonchev–Trinajstić information content (AvgIpc) is 2.54. The Hall–Kier alpha value is -1.10. The molecule has 124 valence electrons. The van der Waals surface area contributed by atoms with Crippen molar-refractivity contribution in [2.75, 3.05) is 33.4 Å². The van der Waals surface area contributed by atoms with Crippen molar-refractivity contribution in [2.45, 2.75) is 44.8 Å². The van der Waals surface area contributed by atoms with Gasteiger partial charge in [0.2, 0.25) is 0 Å². The van der Waals surface area contributed by atoms with Crippen LogP contribution >= 0.6 is 0 Å². The fraction of sp³-hybridized carbons (Fsp3) is 0.667. The number of aliphatic hydroxyl groups excluding tert-OH is 1. The molecule has 4 heteroatoms. The van der Waals surface area contributed by atoms with Crippen molar-refractivity contribution in [1.82, 2.24) is 4.90 Å². The molecular weight excluding hydrogens is 278 g/mol. The lowest BCUT2D eigenvalue weighted by Crippen LogP contribution is -2.42. The number of ether oxygens (including phenoxy) is 2. The van der Waals surface area contributed by atoms with Crippen LogP contribution in [0.2, 0.25) is 0 Å². The van der Waals surface area contributed by atoms with Crippen molar-refractivity contribution in [1.29, 1.82) is 0 Å². The summed E-state index contributed by atoms with van der Waals surface area (Å²) < 4.78 is 11.2. The predicted molar refractivity (Wildman–Crippen MR) is 88.5 cm³/mol. The van der Waals surface area contributed by atoms with Gasteiger partial charge in [-0.05, 0) is 30.4 Å². The topological polar surface area (TPSA) is 41.9 Å². The van der Waals surface area contributed by atoms with E-state index in [9.17, 15) is 5.11 Å². The second kappa shape index (κ2) is 8.51. The van der Waals surface area contributed by atoms with E-state index < -0.39 is 6.10 Å². The second-order valence-electron chi connectivity index (χ2n) is 6.39. The minimum Gasteiger partial charge on any atom is -0.491 e. The van der Waals surface area contributed by atoms with Gasteiger partial charge in [0.1, 0.15) is 18.5 Å². The molecule has 0 aliphatic carbocycles. The molecule has 0 spiro atoms. The number of nitrogens with zero attached hydrogens (tertiary/aromatic N) is 1. The predicted octanol–water partition coefficient (Wildman–Crippen LogP) is 2.66. The van der Waals surface area contributed by atoms with Crippen molar-refractivity contribution >= 4 is 0 Å². The maximum absolute atomic E-state index is 10.2. The average molecular weight is 307 g/mol. The van der Waals surface area contributed by atoms with E-state index in [4.69, 9.17) is 9.47 Å². The highest BCUT2D eigenvalue weighted by Crippen LogP contribution is 2.26. The van der Waals surface area contributed by atoms with Gasteiger partial charge in [-0.1, -0.05) is 32.0 Å². The largest absolute Gasteiger partial charge is 0.491 e. The first-order valence-electron chi connectivity index (χ1n) is 8.25. The van der Waals surface area contributed by atoms with Crippen LogP contribution in [0.3, 0.4) is 0 Å². The van der Waals surface area contributed by atoms with Gasteiger partial charge in [-0.15, -0.1) is 0 Å². The van der Waals surface area contributed by atoms with Gasteiger partial charge in [0, 0.05) is 26.7 Å². The van der Waals surface area contributed by atoms with Gasteiger partial charge < -0.3 is 19.5 Å². The molecule has 1 aliphatic heterocycles. The number of piperidine rings is 1. The third-order valence-electron chi connectivity index (χ3n) is 4.31. The SMILES string of the molecule is COC1CCN(CC(O)COc2ccccc2C(C)C)CC1. The van der Waals surface area contributed by atoms with Crippen molar-refractivity contribution < 1.29 is 14.6 Å². The molecule has 1 aliphatic rings. The van der Waals surface area contributed by atoms with Gasteiger partial charge in [0.15, 0.2) is 0 Å². The zero-order valence-corrected chi connectivity index (χ0v) is 14.0. The number of aliphatic hydroxyl groups is 1. The quantitative estimate of drug-likeness (QED) is 0.841. The fourth-order valence-electron chi connectivity index (χ4n) is 2.95. The summed E-state index contributed by atoms with van der Waals surface area (Å²) in [5.74, 6) is 1.30. The molecule has 1 unspecified atom stereocenters. The van der Waals surface area contributed by atoms with E-state index in [1.165, 1.54) is 5.56 Å². The molecule has 1 heterocycles. The summed E-state index contributed by atoms with van der Waals surface area (Å²) >= 11 is 0. The zero-order chi connectivity index (χ0) is 15.9. The van der Waals surface area contributed by atoms with Crippen molar-refractivity contribution in [3.63, 3.8) is 0 Å². The van der Waals surface area contributed by atoms with Crippen LogP contribution in [-0.4, -0.2) is 55.6 Å². The summed E-state index contributed by atoms with van der Waals surface area (Å²) in [6, 6.07) is 8.07. The van der Waals surface area contributed by atoms with Gasteiger partial charge in [-0.25, -0.2) is 0 Å². The Morgan fingerprint density at radius 2 is 1.91 bits per heavy atom. The van der Waals surface area contributed by atoms with Crippen LogP contribution in [0.15, 0.2) is 24.3 Å². The Labute approximate surface area is 134 Å². The number of para-hydroxylation sites is 1. The Bertz CT molecular complexity index is 442. The van der Waals surface area contributed by atoms with Crippen molar-refractivity contribution in [3.8, 4) is 5.75 Å². The maximum atomic E-state index is 10.2. The van der Waals surface area contributed by atoms with E-state index in [0.717, 1.165) is 31.7 Å². The van der Waals surface area contributed by atoms with Crippen LogP contribution in [0.25, 0.3) is 0 Å². The number of hydrogen-bond donors (Lipinski definition) is 1. The molecule has 1 N–H and O–H groups in total. The number of benzene rings is 1. The number of hydrogen-bond acceptors (Lipinski definition) is 4. The summed E-state index contributed by atoms with van der Waals surface area (Å²) in [5.41, 5.74) is 1.19. The van der Waals surface area contributed by atoms with Gasteiger partial charge in [0.25, 0.3) is 0 Å². The maximum Gasteiger partial charge on any atom is 0.122 e. The third-order valence-corrected chi connectivity index (χ3v) is 4.31. The summed E-state index contributed by atoms with van der Waals surface area (Å²) in [5, 5.41) is 10.2. The lowest BCUT2D eigenvalue weighted by Gasteiger charge is -2.32. The Morgan fingerprint density at radius 3 is 2.55 bits per heavy atom. The van der Waals surface area contributed by atoms with Crippen LogP contribution in [-0.2, 0) is 4.74 Å². The van der Waals surface area contributed by atoms with E-state index >= 15 is 0 Å². The zero-order valence-electron chi connectivity index (χ0n) is 14.0. The standard InChI is InChI=1S/C18H29NO3/c1-14(2)17-6-4-5-7-18(17)22-13-15(20)12-19-10-8-16(21-3)9-11-19/h4-7,14-16,20H,8-13H2,1-3H3. The van der Waals surface area contributed by atoms with Crippen LogP contribution in [0, 0.1) is 0 Å². The van der Waals surface area contributed by atoms with E-state index in [-0.39, 0.29) is 0 Å².